The third-order valence-corrected chi connectivity index (χ3v) is 2.56. The van der Waals surface area contributed by atoms with Crippen LogP contribution in [0.25, 0.3) is 0 Å². The van der Waals surface area contributed by atoms with E-state index in [1.165, 1.54) is 18.2 Å². The topological polar surface area (TPSA) is 55.1 Å². The lowest BCUT2D eigenvalue weighted by Crippen LogP contribution is -2.22. The molecule has 0 unspecified atom stereocenters. The van der Waals surface area contributed by atoms with Gasteiger partial charge in [0.15, 0.2) is 0 Å². The van der Waals surface area contributed by atoms with E-state index < -0.39 is 17.6 Å². The molecule has 0 atom stereocenters. The molecule has 7 heteroatoms. The van der Waals surface area contributed by atoms with E-state index in [4.69, 9.17) is 4.52 Å². The third-order valence-electron chi connectivity index (χ3n) is 2.56. The van der Waals surface area contributed by atoms with Crippen LogP contribution in [0.15, 0.2) is 34.9 Å². The van der Waals surface area contributed by atoms with Crippen LogP contribution in [-0.2, 0) is 12.7 Å². The zero-order valence-corrected chi connectivity index (χ0v) is 10.5. The van der Waals surface area contributed by atoms with Gasteiger partial charge < -0.3 is 9.84 Å². The number of carbonyl (C=O) groups is 1. The van der Waals surface area contributed by atoms with Crippen LogP contribution in [0.1, 0.15) is 27.4 Å². The fourth-order valence-corrected chi connectivity index (χ4v) is 1.60. The van der Waals surface area contributed by atoms with E-state index in [1.54, 1.807) is 6.92 Å². The maximum atomic E-state index is 12.5. The van der Waals surface area contributed by atoms with E-state index in [1.807, 2.05) is 0 Å². The Morgan fingerprint density at radius 3 is 2.70 bits per heavy atom. The largest absolute Gasteiger partial charge is 0.416 e. The number of carbonyl (C=O) groups excluding carboxylic acids is 1. The molecule has 1 aromatic carbocycles. The number of halogens is 3. The highest BCUT2D eigenvalue weighted by molar-refractivity contribution is 5.91. The minimum Gasteiger partial charge on any atom is -0.351 e. The van der Waals surface area contributed by atoms with E-state index >= 15 is 0 Å². The summed E-state index contributed by atoms with van der Waals surface area (Å²) in [4.78, 5) is 11.6. The first-order valence-corrected chi connectivity index (χ1v) is 5.74. The maximum Gasteiger partial charge on any atom is 0.416 e. The van der Waals surface area contributed by atoms with Crippen LogP contribution in [0.4, 0.5) is 13.2 Å². The molecule has 2 aromatic rings. The van der Waals surface area contributed by atoms with Gasteiger partial charge in [-0.15, -0.1) is 0 Å². The van der Waals surface area contributed by atoms with E-state index in [-0.39, 0.29) is 12.3 Å². The van der Waals surface area contributed by atoms with Crippen molar-refractivity contribution in [3.63, 3.8) is 0 Å². The number of aryl methyl sites for hydroxylation is 1. The van der Waals surface area contributed by atoms with Gasteiger partial charge in [0.2, 0.25) is 5.76 Å². The lowest BCUT2D eigenvalue weighted by molar-refractivity contribution is -0.137. The summed E-state index contributed by atoms with van der Waals surface area (Å²) in [6, 6.07) is 6.21. The summed E-state index contributed by atoms with van der Waals surface area (Å²) in [6.45, 7) is 1.63. The van der Waals surface area contributed by atoms with E-state index in [9.17, 15) is 18.0 Å². The minimum atomic E-state index is -4.40. The van der Waals surface area contributed by atoms with Crippen LogP contribution in [0.5, 0.6) is 0 Å². The predicted molar refractivity (Wildman–Crippen MR) is 63.9 cm³/mol. The molecule has 0 aliphatic carbocycles. The highest BCUT2D eigenvalue weighted by Gasteiger charge is 2.30. The average Bonchev–Trinajstić information content (AvgIpc) is 2.82. The SMILES string of the molecule is Cc1cc(C(=O)NCc2cccc(C(F)(F)F)c2)on1. The summed E-state index contributed by atoms with van der Waals surface area (Å²) in [5.74, 6) is -0.502. The molecule has 1 aromatic heterocycles. The van der Waals surface area contributed by atoms with Gasteiger partial charge in [0.1, 0.15) is 0 Å². The lowest BCUT2D eigenvalue weighted by Gasteiger charge is -2.09. The zero-order valence-electron chi connectivity index (χ0n) is 10.5. The van der Waals surface area contributed by atoms with Crippen molar-refractivity contribution in [1.29, 1.82) is 0 Å². The van der Waals surface area contributed by atoms with Gasteiger partial charge in [-0.25, -0.2) is 0 Å². The van der Waals surface area contributed by atoms with Gasteiger partial charge in [0.25, 0.3) is 5.91 Å². The normalized spacial score (nSPS) is 11.4. The first kappa shape index (κ1) is 14.1. The Morgan fingerprint density at radius 1 is 1.35 bits per heavy atom. The number of rotatable bonds is 3. The lowest BCUT2D eigenvalue weighted by atomic mass is 10.1. The van der Waals surface area contributed by atoms with Crippen LogP contribution in [0.3, 0.4) is 0 Å². The van der Waals surface area contributed by atoms with Gasteiger partial charge in [-0.05, 0) is 24.6 Å². The summed E-state index contributed by atoms with van der Waals surface area (Å²) in [6.07, 6.45) is -4.40. The summed E-state index contributed by atoms with van der Waals surface area (Å²) in [7, 11) is 0. The van der Waals surface area contributed by atoms with Gasteiger partial charge in [0, 0.05) is 12.6 Å². The van der Waals surface area contributed by atoms with Crippen molar-refractivity contribution < 1.29 is 22.5 Å². The highest BCUT2D eigenvalue weighted by atomic mass is 19.4. The average molecular weight is 284 g/mol. The van der Waals surface area contributed by atoms with Crippen molar-refractivity contribution in [3.8, 4) is 0 Å². The molecular formula is C13H11F3N2O2. The molecule has 2 rings (SSSR count). The second kappa shape index (κ2) is 5.36. The molecule has 1 amide bonds. The molecule has 0 aliphatic rings. The molecule has 0 spiro atoms. The molecule has 1 heterocycles. The van der Waals surface area contributed by atoms with Crippen molar-refractivity contribution in [2.75, 3.05) is 0 Å². The third kappa shape index (κ3) is 3.37. The molecule has 20 heavy (non-hydrogen) atoms. The van der Waals surface area contributed by atoms with Gasteiger partial charge >= 0.3 is 6.18 Å². The molecule has 0 aliphatic heterocycles. The molecule has 0 bridgehead atoms. The predicted octanol–water partition coefficient (Wildman–Crippen LogP) is 2.93. The molecule has 0 radical (unpaired) electrons. The van der Waals surface area contributed by atoms with E-state index in [2.05, 4.69) is 10.5 Å². The second-order valence-electron chi connectivity index (χ2n) is 4.21. The molecular weight excluding hydrogens is 273 g/mol. The number of hydrogen-bond acceptors (Lipinski definition) is 3. The molecule has 1 N–H and O–H groups in total. The Bertz CT molecular complexity index is 620. The number of aromatic nitrogens is 1. The first-order valence-electron chi connectivity index (χ1n) is 5.74. The smallest absolute Gasteiger partial charge is 0.351 e. The Morgan fingerprint density at radius 2 is 2.10 bits per heavy atom. The van der Waals surface area contributed by atoms with Gasteiger partial charge in [0.05, 0.1) is 11.3 Å². The first-order chi connectivity index (χ1) is 9.36. The Kier molecular flexibility index (Phi) is 3.78. The van der Waals surface area contributed by atoms with Gasteiger partial charge in [-0.3, -0.25) is 4.79 Å². The summed E-state index contributed by atoms with van der Waals surface area (Å²) >= 11 is 0. The van der Waals surface area contributed by atoms with Crippen LogP contribution in [-0.4, -0.2) is 11.1 Å². The number of alkyl halides is 3. The van der Waals surface area contributed by atoms with Crippen molar-refractivity contribution in [2.24, 2.45) is 0 Å². The molecule has 4 nitrogen and oxygen atoms in total. The number of benzene rings is 1. The number of hydrogen-bond donors (Lipinski definition) is 1. The summed E-state index contributed by atoms with van der Waals surface area (Å²) in [5.41, 5.74) is 0.151. The zero-order chi connectivity index (χ0) is 14.8. The fourth-order valence-electron chi connectivity index (χ4n) is 1.60. The number of nitrogens with zero attached hydrogens (tertiary/aromatic N) is 1. The summed E-state index contributed by atoms with van der Waals surface area (Å²) in [5, 5.41) is 6.02. The Labute approximate surface area is 112 Å². The van der Waals surface area contributed by atoms with E-state index in [0.717, 1.165) is 12.1 Å². The Balaban J connectivity index is 2.02. The Hall–Kier alpha value is -2.31. The van der Waals surface area contributed by atoms with Crippen molar-refractivity contribution in [2.45, 2.75) is 19.6 Å². The molecule has 0 saturated heterocycles. The fraction of sp³-hybridized carbons (Fsp3) is 0.231. The van der Waals surface area contributed by atoms with Crippen molar-refractivity contribution >= 4 is 5.91 Å². The van der Waals surface area contributed by atoms with Crippen LogP contribution in [0.2, 0.25) is 0 Å². The maximum absolute atomic E-state index is 12.5. The van der Waals surface area contributed by atoms with Crippen molar-refractivity contribution in [3.05, 3.63) is 52.9 Å². The quantitative estimate of drug-likeness (QED) is 0.942. The standard InChI is InChI=1S/C13H11F3N2O2/c1-8-5-11(20-18-8)12(19)17-7-9-3-2-4-10(6-9)13(14,15)16/h2-6H,7H2,1H3,(H,17,19). The molecule has 0 saturated carbocycles. The van der Waals surface area contributed by atoms with Crippen LogP contribution >= 0.6 is 0 Å². The second-order valence-corrected chi connectivity index (χ2v) is 4.21. The summed E-state index contributed by atoms with van der Waals surface area (Å²) < 4.78 is 42.3. The minimum absolute atomic E-state index is 0.0227. The van der Waals surface area contributed by atoms with Crippen LogP contribution in [0, 0.1) is 6.92 Å². The monoisotopic (exact) mass is 284 g/mol. The number of amides is 1. The van der Waals surface area contributed by atoms with Crippen molar-refractivity contribution in [1.82, 2.24) is 10.5 Å². The number of nitrogens with one attached hydrogen (secondary N) is 1. The highest BCUT2D eigenvalue weighted by Crippen LogP contribution is 2.29. The molecule has 0 fully saturated rings. The van der Waals surface area contributed by atoms with Crippen LogP contribution < -0.4 is 5.32 Å². The van der Waals surface area contributed by atoms with Gasteiger partial charge in [-0.1, -0.05) is 17.3 Å². The molecule has 106 valence electrons. The van der Waals surface area contributed by atoms with E-state index in [0.29, 0.717) is 11.3 Å². The van der Waals surface area contributed by atoms with Gasteiger partial charge in [-0.2, -0.15) is 13.2 Å².